The van der Waals surface area contributed by atoms with Gasteiger partial charge in [-0.05, 0) is 44.4 Å². The highest BCUT2D eigenvalue weighted by Crippen LogP contribution is 2.65. The highest BCUT2D eigenvalue weighted by Gasteiger charge is 2.66. The number of aliphatic hydroxyl groups is 3. The van der Waals surface area contributed by atoms with Crippen molar-refractivity contribution in [3.63, 3.8) is 0 Å². The summed E-state index contributed by atoms with van der Waals surface area (Å²) in [6.45, 7) is 5.08. The number of Topliss-reactive ketones (excluding diaryl/α,β-unsaturated/α-hetero) is 1. The van der Waals surface area contributed by atoms with E-state index < -0.39 is 39.5 Å². The van der Waals surface area contributed by atoms with Crippen molar-refractivity contribution in [1.29, 1.82) is 0 Å². The number of hydrogen-bond donors (Lipinski definition) is 4. The van der Waals surface area contributed by atoms with Crippen LogP contribution in [0.15, 0.2) is 52.0 Å². The van der Waals surface area contributed by atoms with E-state index in [0.29, 0.717) is 29.6 Å². The maximum atomic E-state index is 13.0. The molecule has 0 bridgehead atoms. The van der Waals surface area contributed by atoms with Crippen LogP contribution in [0.1, 0.15) is 45.5 Å². The fourth-order valence-corrected chi connectivity index (χ4v) is 5.28. The van der Waals surface area contributed by atoms with Crippen LogP contribution >= 0.6 is 0 Å². The molecule has 7 nitrogen and oxygen atoms in total. The molecule has 0 heterocycles. The lowest BCUT2D eigenvalue weighted by Gasteiger charge is -2.39. The van der Waals surface area contributed by atoms with Crippen LogP contribution < -0.4 is 0 Å². The second kappa shape index (κ2) is 6.83. The topological polar surface area (TPSA) is 121 Å². The van der Waals surface area contributed by atoms with E-state index >= 15 is 0 Å². The molecule has 162 valence electrons. The predicted octanol–water partition coefficient (Wildman–Crippen LogP) is 1.40. The van der Waals surface area contributed by atoms with E-state index in [2.05, 4.69) is 0 Å². The van der Waals surface area contributed by atoms with Gasteiger partial charge < -0.3 is 20.1 Å². The molecular formula is C22H26O7S. The molecule has 1 fully saturated rings. The van der Waals surface area contributed by atoms with Crippen molar-refractivity contribution in [2.75, 3.05) is 6.61 Å². The average Bonchev–Trinajstić information content (AvgIpc) is 3.48. The molecule has 0 saturated heterocycles. The molecule has 30 heavy (non-hydrogen) atoms. The summed E-state index contributed by atoms with van der Waals surface area (Å²) in [6.07, 6.45) is 0.734. The van der Waals surface area contributed by atoms with Crippen molar-refractivity contribution < 1.29 is 33.3 Å². The zero-order chi connectivity index (χ0) is 22.1. The maximum absolute atomic E-state index is 13.0. The van der Waals surface area contributed by atoms with Gasteiger partial charge in [0.05, 0.1) is 17.6 Å². The molecule has 3 aliphatic rings. The van der Waals surface area contributed by atoms with Crippen LogP contribution in [0.25, 0.3) is 0 Å². The summed E-state index contributed by atoms with van der Waals surface area (Å²) in [4.78, 5) is 13.1. The molecule has 3 N–H and O–H groups in total. The molecule has 0 aliphatic heterocycles. The fraction of sp³-hybridized carbons (Fsp3) is 0.500. The van der Waals surface area contributed by atoms with Gasteiger partial charge in [0, 0.05) is 22.0 Å². The number of ketones is 1. The van der Waals surface area contributed by atoms with Crippen molar-refractivity contribution in [3.8, 4) is 0 Å². The zero-order valence-corrected chi connectivity index (χ0v) is 18.0. The van der Waals surface area contributed by atoms with Gasteiger partial charge in [-0.3, -0.25) is 4.79 Å². The van der Waals surface area contributed by atoms with E-state index in [1.807, 2.05) is 6.92 Å². The fourth-order valence-electron chi connectivity index (χ4n) is 4.88. The van der Waals surface area contributed by atoms with E-state index in [4.69, 9.17) is 4.74 Å². The first kappa shape index (κ1) is 21.4. The van der Waals surface area contributed by atoms with Crippen molar-refractivity contribution >= 4 is 16.5 Å². The Hall–Kier alpha value is -1.84. The van der Waals surface area contributed by atoms with E-state index in [9.17, 15) is 28.5 Å². The Morgan fingerprint density at radius 2 is 1.80 bits per heavy atom. The molecule has 0 radical (unpaired) electrons. The summed E-state index contributed by atoms with van der Waals surface area (Å²) in [6, 6.07) is 5.67. The Morgan fingerprint density at radius 3 is 2.33 bits per heavy atom. The van der Waals surface area contributed by atoms with Crippen molar-refractivity contribution in [2.45, 2.75) is 56.5 Å². The molecule has 1 unspecified atom stereocenters. The predicted molar refractivity (Wildman–Crippen MR) is 108 cm³/mol. The molecule has 4 atom stereocenters. The average molecular weight is 435 g/mol. The molecule has 8 heteroatoms. The first-order chi connectivity index (χ1) is 13.9. The lowest BCUT2D eigenvalue weighted by Crippen LogP contribution is -2.50. The summed E-state index contributed by atoms with van der Waals surface area (Å²) in [5.74, 6) is -0.383. The van der Waals surface area contributed by atoms with Crippen molar-refractivity contribution in [2.24, 2.45) is 10.8 Å². The van der Waals surface area contributed by atoms with Gasteiger partial charge in [0.15, 0.2) is 22.8 Å². The summed E-state index contributed by atoms with van der Waals surface area (Å²) in [5.41, 5.74) is -0.951. The molecule has 1 aromatic carbocycles. The molecule has 1 saturated carbocycles. The second-order valence-electron chi connectivity index (χ2n) is 9.00. The molecule has 1 aromatic rings. The number of carbonyl (C=O) groups excluding carboxylic acids is 1. The lowest BCUT2D eigenvalue weighted by molar-refractivity contribution is -0.138. The summed E-state index contributed by atoms with van der Waals surface area (Å²) >= 11 is 0. The molecular weight excluding hydrogens is 408 g/mol. The van der Waals surface area contributed by atoms with E-state index in [1.165, 1.54) is 24.3 Å². The Morgan fingerprint density at radius 1 is 1.20 bits per heavy atom. The first-order valence-corrected chi connectivity index (χ1v) is 11.1. The minimum Gasteiger partial charge on any atom is -0.387 e. The Balaban J connectivity index is 1.57. The van der Waals surface area contributed by atoms with Crippen molar-refractivity contribution in [1.82, 2.24) is 0 Å². The standard InChI is InChI=1S/C22H26O7S/c1-12-16-15(17(23)21(3,26)22(12)8-9-22)10-20(2,18(16)24)11-29-19(25)13-4-6-14(7-5-13)30(27)28/h4-7,10,18-19,24-26,30H,8-9,11H2,1-3H3/t18-,19?,20+,21+/m1/s1. The molecule has 4 rings (SSSR count). The lowest BCUT2D eigenvalue weighted by atomic mass is 9.67. The minimum absolute atomic E-state index is 0.0738. The van der Waals surface area contributed by atoms with Gasteiger partial charge in [0.25, 0.3) is 0 Å². The Kier molecular flexibility index (Phi) is 4.87. The number of carbonyl (C=O) groups is 1. The molecule has 0 aromatic heterocycles. The quantitative estimate of drug-likeness (QED) is 0.408. The molecule has 1 spiro atoms. The van der Waals surface area contributed by atoms with E-state index in [-0.39, 0.29) is 17.3 Å². The highest BCUT2D eigenvalue weighted by molar-refractivity contribution is 7.72. The van der Waals surface area contributed by atoms with Crippen molar-refractivity contribution in [3.05, 3.63) is 52.6 Å². The summed E-state index contributed by atoms with van der Waals surface area (Å²) in [7, 11) is -2.70. The second-order valence-corrected chi connectivity index (χ2v) is 10.0. The Bertz CT molecular complexity index is 1040. The molecule has 3 aliphatic carbocycles. The third kappa shape index (κ3) is 2.93. The number of hydrogen-bond acceptors (Lipinski definition) is 7. The Labute approximate surface area is 176 Å². The van der Waals surface area contributed by atoms with Gasteiger partial charge >= 0.3 is 0 Å². The third-order valence-electron chi connectivity index (χ3n) is 7.09. The number of benzene rings is 1. The van der Waals surface area contributed by atoms with Crippen LogP contribution in [0, 0.1) is 10.8 Å². The van der Waals surface area contributed by atoms with Gasteiger partial charge in [-0.25, -0.2) is 8.42 Å². The van der Waals surface area contributed by atoms with Crippen LogP contribution in [0.5, 0.6) is 0 Å². The summed E-state index contributed by atoms with van der Waals surface area (Å²) < 4.78 is 27.6. The van der Waals surface area contributed by atoms with Gasteiger partial charge in [-0.15, -0.1) is 0 Å². The van der Waals surface area contributed by atoms with Crippen LogP contribution in [0.2, 0.25) is 0 Å². The third-order valence-corrected chi connectivity index (χ3v) is 7.81. The number of rotatable bonds is 5. The van der Waals surface area contributed by atoms with Crippen LogP contribution in [0.3, 0.4) is 0 Å². The smallest absolute Gasteiger partial charge is 0.195 e. The van der Waals surface area contributed by atoms with Gasteiger partial charge in [0.1, 0.15) is 5.60 Å². The van der Waals surface area contributed by atoms with Crippen LogP contribution in [0.4, 0.5) is 0 Å². The monoisotopic (exact) mass is 434 g/mol. The van der Waals surface area contributed by atoms with Gasteiger partial charge in [-0.2, -0.15) is 0 Å². The normalized spacial score (nSPS) is 33.1. The largest absolute Gasteiger partial charge is 0.387 e. The van der Waals surface area contributed by atoms with E-state index in [1.54, 1.807) is 19.9 Å². The van der Waals surface area contributed by atoms with Gasteiger partial charge in [0.2, 0.25) is 0 Å². The van der Waals surface area contributed by atoms with Crippen LogP contribution in [-0.2, 0) is 20.2 Å². The number of thiol groups is 1. The number of aliphatic hydroxyl groups excluding tert-OH is 2. The first-order valence-electron chi connectivity index (χ1n) is 9.88. The SMILES string of the molecule is CC1=C2C(=C[C@@](C)(COC(O)c3ccc([SH](=O)=O)cc3)[C@@H]2O)C(=O)[C@](C)(O)C12CC2. The van der Waals surface area contributed by atoms with Gasteiger partial charge in [-0.1, -0.05) is 30.7 Å². The number of ether oxygens (including phenoxy) is 1. The maximum Gasteiger partial charge on any atom is 0.195 e. The molecule has 0 amide bonds. The van der Waals surface area contributed by atoms with Crippen LogP contribution in [-0.4, -0.2) is 47.8 Å². The zero-order valence-electron chi connectivity index (χ0n) is 17.1. The summed E-state index contributed by atoms with van der Waals surface area (Å²) in [5, 5.41) is 32.3. The minimum atomic E-state index is -2.70. The highest BCUT2D eigenvalue weighted by atomic mass is 32.2. The number of fused-ring (bicyclic) bond motifs is 1. The van der Waals surface area contributed by atoms with E-state index in [0.717, 1.165) is 5.57 Å².